The number of pyridine rings is 1. The van der Waals surface area contributed by atoms with Gasteiger partial charge >= 0.3 is 12.1 Å². The molecule has 0 N–H and O–H groups in total. The lowest BCUT2D eigenvalue weighted by Crippen LogP contribution is -2.32. The molecular weight excluding hydrogens is 419 g/mol. The molecule has 0 amide bonds. The van der Waals surface area contributed by atoms with Gasteiger partial charge in [0.25, 0.3) is 5.56 Å². The van der Waals surface area contributed by atoms with Gasteiger partial charge in [0.1, 0.15) is 5.75 Å². The highest BCUT2D eigenvalue weighted by Gasteiger charge is 2.35. The molecule has 0 aliphatic carbocycles. The normalized spacial score (nSPS) is 16.0. The third-order valence-corrected chi connectivity index (χ3v) is 5.66. The zero-order valence-electron chi connectivity index (χ0n) is 16.6. The molecule has 2 heterocycles. The van der Waals surface area contributed by atoms with E-state index >= 15 is 0 Å². The molecular formula is C25H16F3NO3. The van der Waals surface area contributed by atoms with Crippen LogP contribution in [-0.4, -0.2) is 10.5 Å². The molecule has 1 unspecified atom stereocenters. The first kappa shape index (κ1) is 20.1. The van der Waals surface area contributed by atoms with Gasteiger partial charge in [0, 0.05) is 17.0 Å². The summed E-state index contributed by atoms with van der Waals surface area (Å²) in [5, 5.41) is 0.580. The van der Waals surface area contributed by atoms with E-state index in [0.717, 1.165) is 12.1 Å². The van der Waals surface area contributed by atoms with E-state index in [0.29, 0.717) is 22.2 Å². The Kier molecular flexibility index (Phi) is 4.62. The van der Waals surface area contributed by atoms with Crippen molar-refractivity contribution >= 4 is 16.9 Å². The average Bonchev–Trinajstić information content (AvgIpc) is 2.79. The molecule has 0 spiro atoms. The van der Waals surface area contributed by atoms with Crippen LogP contribution in [0.5, 0.6) is 5.75 Å². The second-order valence-corrected chi connectivity index (χ2v) is 7.59. The van der Waals surface area contributed by atoms with E-state index in [1.54, 1.807) is 41.0 Å². The summed E-state index contributed by atoms with van der Waals surface area (Å²) in [7, 11) is 0. The van der Waals surface area contributed by atoms with Gasteiger partial charge in [-0.1, -0.05) is 42.5 Å². The summed E-state index contributed by atoms with van der Waals surface area (Å²) in [6.07, 6.45) is -4.61. The van der Waals surface area contributed by atoms with Crippen molar-refractivity contribution in [2.75, 3.05) is 0 Å². The van der Waals surface area contributed by atoms with Gasteiger partial charge in [0.05, 0.1) is 23.1 Å². The smallest absolute Gasteiger partial charge is 0.416 e. The summed E-state index contributed by atoms with van der Waals surface area (Å²) >= 11 is 0. The number of hydrogen-bond donors (Lipinski definition) is 0. The molecule has 32 heavy (non-hydrogen) atoms. The van der Waals surface area contributed by atoms with Crippen LogP contribution in [0, 0.1) is 0 Å². The van der Waals surface area contributed by atoms with E-state index in [-0.39, 0.29) is 23.3 Å². The monoisotopic (exact) mass is 435 g/mol. The van der Waals surface area contributed by atoms with Crippen molar-refractivity contribution in [3.63, 3.8) is 0 Å². The quantitative estimate of drug-likeness (QED) is 0.394. The molecule has 5 rings (SSSR count). The maximum atomic E-state index is 13.7. The molecule has 0 fully saturated rings. The van der Waals surface area contributed by atoms with Crippen molar-refractivity contribution < 1.29 is 22.7 Å². The Morgan fingerprint density at radius 3 is 2.19 bits per heavy atom. The number of halogens is 3. The van der Waals surface area contributed by atoms with Gasteiger partial charge in [-0.2, -0.15) is 13.2 Å². The van der Waals surface area contributed by atoms with Gasteiger partial charge in [-0.15, -0.1) is 0 Å². The van der Waals surface area contributed by atoms with Crippen molar-refractivity contribution in [3.05, 3.63) is 106 Å². The van der Waals surface area contributed by atoms with Gasteiger partial charge in [-0.3, -0.25) is 14.2 Å². The van der Waals surface area contributed by atoms with Crippen molar-refractivity contribution in [3.8, 4) is 11.4 Å². The largest absolute Gasteiger partial charge is 0.425 e. The van der Waals surface area contributed by atoms with Gasteiger partial charge in [-0.25, -0.2) is 0 Å². The summed E-state index contributed by atoms with van der Waals surface area (Å²) in [4.78, 5) is 26.2. The van der Waals surface area contributed by atoms with Crippen LogP contribution in [0.2, 0.25) is 0 Å². The number of rotatable bonds is 2. The molecule has 0 saturated heterocycles. The number of esters is 1. The predicted octanol–water partition coefficient (Wildman–Crippen LogP) is 5.45. The van der Waals surface area contributed by atoms with Crippen LogP contribution in [0.1, 0.15) is 29.0 Å². The number of hydrogen-bond acceptors (Lipinski definition) is 3. The minimum absolute atomic E-state index is 0.138. The van der Waals surface area contributed by atoms with Crippen molar-refractivity contribution in [1.82, 2.24) is 4.57 Å². The Balaban J connectivity index is 1.79. The number of alkyl halides is 3. The highest BCUT2D eigenvalue weighted by molar-refractivity contribution is 5.92. The minimum atomic E-state index is -4.47. The van der Waals surface area contributed by atoms with Crippen molar-refractivity contribution in [1.29, 1.82) is 0 Å². The van der Waals surface area contributed by atoms with Gasteiger partial charge in [0.15, 0.2) is 0 Å². The molecule has 3 aromatic carbocycles. The van der Waals surface area contributed by atoms with Crippen LogP contribution in [-0.2, 0) is 11.0 Å². The standard InChI is InChI=1S/C25H16F3NO3/c26-25(27,28)16-12-10-15(11-13-16)19-14-21(30)32-23-18-8-4-5-9-20(18)29(24(31)22(19)23)17-6-2-1-3-7-17/h1-13,19H,14H2. The third kappa shape index (κ3) is 3.26. The van der Waals surface area contributed by atoms with E-state index < -0.39 is 23.6 Å². The topological polar surface area (TPSA) is 48.3 Å². The fraction of sp³-hybridized carbons (Fsp3) is 0.120. The lowest BCUT2D eigenvalue weighted by molar-refractivity contribution is -0.138. The Bertz CT molecular complexity index is 1390. The lowest BCUT2D eigenvalue weighted by Gasteiger charge is -2.27. The van der Waals surface area contributed by atoms with Crippen LogP contribution in [0.25, 0.3) is 16.6 Å². The molecule has 7 heteroatoms. The molecule has 0 bridgehead atoms. The number of nitrogens with zero attached hydrogens (tertiary/aromatic N) is 1. The Morgan fingerprint density at radius 1 is 0.844 bits per heavy atom. The molecule has 0 saturated carbocycles. The number of ether oxygens (including phenoxy) is 1. The molecule has 1 aliphatic rings. The zero-order valence-corrected chi connectivity index (χ0v) is 16.6. The number of fused-ring (bicyclic) bond motifs is 3. The third-order valence-electron chi connectivity index (χ3n) is 5.66. The predicted molar refractivity (Wildman–Crippen MR) is 113 cm³/mol. The molecule has 1 aromatic heterocycles. The van der Waals surface area contributed by atoms with Crippen LogP contribution in [0.4, 0.5) is 13.2 Å². The average molecular weight is 435 g/mol. The van der Waals surface area contributed by atoms with Crippen LogP contribution in [0.3, 0.4) is 0 Å². The second kappa shape index (κ2) is 7.37. The number of benzene rings is 3. The molecule has 4 nitrogen and oxygen atoms in total. The molecule has 0 radical (unpaired) electrons. The van der Waals surface area contributed by atoms with E-state index in [4.69, 9.17) is 4.74 Å². The van der Waals surface area contributed by atoms with E-state index in [1.165, 1.54) is 12.1 Å². The minimum Gasteiger partial charge on any atom is -0.425 e. The summed E-state index contributed by atoms with van der Waals surface area (Å²) < 4.78 is 46.1. The van der Waals surface area contributed by atoms with Crippen molar-refractivity contribution in [2.24, 2.45) is 0 Å². The summed E-state index contributed by atoms with van der Waals surface area (Å²) in [5.74, 6) is -1.09. The van der Waals surface area contributed by atoms with Crippen LogP contribution < -0.4 is 10.3 Å². The van der Waals surface area contributed by atoms with Gasteiger partial charge < -0.3 is 4.74 Å². The number of carbonyl (C=O) groups excluding carboxylic acids is 1. The van der Waals surface area contributed by atoms with E-state index in [1.807, 2.05) is 18.2 Å². The first-order chi connectivity index (χ1) is 15.3. The second-order valence-electron chi connectivity index (χ2n) is 7.59. The van der Waals surface area contributed by atoms with Gasteiger partial charge in [-0.05, 0) is 42.0 Å². The number of para-hydroxylation sites is 2. The summed E-state index contributed by atoms with van der Waals surface area (Å²) in [6.45, 7) is 0. The van der Waals surface area contributed by atoms with Crippen molar-refractivity contribution in [2.45, 2.75) is 18.5 Å². The SMILES string of the molecule is O=C1CC(c2ccc(C(F)(F)F)cc2)c2c(c3ccccc3n(-c3ccccc3)c2=O)O1. The number of aromatic nitrogens is 1. The Morgan fingerprint density at radius 2 is 1.50 bits per heavy atom. The van der Waals surface area contributed by atoms with E-state index in [2.05, 4.69) is 0 Å². The lowest BCUT2D eigenvalue weighted by atomic mass is 9.85. The fourth-order valence-corrected chi connectivity index (χ4v) is 4.20. The number of carbonyl (C=O) groups is 1. The van der Waals surface area contributed by atoms with E-state index in [9.17, 15) is 22.8 Å². The van der Waals surface area contributed by atoms with Crippen LogP contribution in [0.15, 0.2) is 83.7 Å². The summed E-state index contributed by atoms with van der Waals surface area (Å²) in [5.41, 5.74) is 0.750. The maximum absolute atomic E-state index is 13.7. The first-order valence-corrected chi connectivity index (χ1v) is 9.95. The van der Waals surface area contributed by atoms with Gasteiger partial charge in [0.2, 0.25) is 0 Å². The molecule has 1 aliphatic heterocycles. The molecule has 4 aromatic rings. The highest BCUT2D eigenvalue weighted by Crippen LogP contribution is 2.41. The maximum Gasteiger partial charge on any atom is 0.416 e. The molecule has 160 valence electrons. The summed E-state index contributed by atoms with van der Waals surface area (Å²) in [6, 6.07) is 20.7. The van der Waals surface area contributed by atoms with Crippen LogP contribution >= 0.6 is 0 Å². The fourth-order valence-electron chi connectivity index (χ4n) is 4.20. The highest BCUT2D eigenvalue weighted by atomic mass is 19.4. The Hall–Kier alpha value is -3.87. The first-order valence-electron chi connectivity index (χ1n) is 9.95. The Labute approximate surface area is 180 Å². The molecule has 1 atom stereocenters. The zero-order chi connectivity index (χ0) is 22.5.